The Hall–Kier alpha value is -2.30. The molecule has 0 spiro atoms. The number of amides is 2. The van der Waals surface area contributed by atoms with E-state index in [-0.39, 0.29) is 17.2 Å². The van der Waals surface area contributed by atoms with Gasteiger partial charge in [-0.2, -0.15) is 0 Å². The maximum absolute atomic E-state index is 12.9. The fourth-order valence-electron chi connectivity index (χ4n) is 3.35. The Kier molecular flexibility index (Phi) is 4.84. The van der Waals surface area contributed by atoms with Crippen LogP contribution in [0.15, 0.2) is 30.5 Å². The molecule has 25 heavy (non-hydrogen) atoms. The predicted octanol–water partition coefficient (Wildman–Crippen LogP) is 3.28. The third kappa shape index (κ3) is 4.03. The number of hydrogen-bond acceptors (Lipinski definition) is 2. The summed E-state index contributed by atoms with van der Waals surface area (Å²) in [6, 6.07) is 7.84. The molecule has 1 N–H and O–H groups in total. The maximum Gasteiger partial charge on any atom is 0.256 e. The van der Waals surface area contributed by atoms with E-state index in [0.29, 0.717) is 31.6 Å². The summed E-state index contributed by atoms with van der Waals surface area (Å²) in [5.74, 6) is 0.233. The second-order valence-corrected chi connectivity index (χ2v) is 8.01. The normalized spacial score (nSPS) is 16.1. The summed E-state index contributed by atoms with van der Waals surface area (Å²) in [6.07, 6.45) is 3.16. The zero-order valence-electron chi connectivity index (χ0n) is 15.3. The van der Waals surface area contributed by atoms with Crippen molar-refractivity contribution < 1.29 is 9.59 Å². The van der Waals surface area contributed by atoms with Crippen LogP contribution in [0.1, 0.15) is 44.0 Å². The van der Waals surface area contributed by atoms with Crippen LogP contribution in [0, 0.1) is 5.41 Å². The fourth-order valence-corrected chi connectivity index (χ4v) is 3.35. The smallest absolute Gasteiger partial charge is 0.256 e. The van der Waals surface area contributed by atoms with E-state index >= 15 is 0 Å². The minimum atomic E-state index is -0.0110. The highest BCUT2D eigenvalue weighted by Gasteiger charge is 2.26. The van der Waals surface area contributed by atoms with Crippen molar-refractivity contribution in [1.82, 2.24) is 14.8 Å². The number of carbonyl (C=O) groups is 2. The fraction of sp³-hybridized carbons (Fsp3) is 0.500. The van der Waals surface area contributed by atoms with Gasteiger partial charge in [-0.3, -0.25) is 9.59 Å². The summed E-state index contributed by atoms with van der Waals surface area (Å²) in [5.41, 5.74) is 1.68. The Labute approximate surface area is 149 Å². The van der Waals surface area contributed by atoms with Gasteiger partial charge in [-0.1, -0.05) is 39.0 Å². The van der Waals surface area contributed by atoms with Crippen molar-refractivity contribution in [2.75, 3.05) is 26.2 Å². The number of carbonyl (C=O) groups excluding carboxylic acids is 2. The molecule has 1 aromatic heterocycles. The second-order valence-electron chi connectivity index (χ2n) is 8.01. The zero-order valence-corrected chi connectivity index (χ0v) is 15.3. The Morgan fingerprint density at radius 2 is 1.72 bits per heavy atom. The van der Waals surface area contributed by atoms with Crippen molar-refractivity contribution in [2.24, 2.45) is 5.41 Å². The number of fused-ring (bicyclic) bond motifs is 1. The van der Waals surface area contributed by atoms with Crippen LogP contribution in [0.2, 0.25) is 0 Å². The monoisotopic (exact) mass is 341 g/mol. The van der Waals surface area contributed by atoms with Gasteiger partial charge in [-0.05, 0) is 17.9 Å². The van der Waals surface area contributed by atoms with Gasteiger partial charge in [0.1, 0.15) is 0 Å². The van der Waals surface area contributed by atoms with Gasteiger partial charge in [0.2, 0.25) is 5.91 Å². The van der Waals surface area contributed by atoms with E-state index in [1.54, 1.807) is 6.20 Å². The highest BCUT2D eigenvalue weighted by Crippen LogP contribution is 2.22. The van der Waals surface area contributed by atoms with Crippen molar-refractivity contribution >= 4 is 22.7 Å². The molecule has 0 atom stereocenters. The molecule has 134 valence electrons. The van der Waals surface area contributed by atoms with E-state index in [1.807, 2.05) is 34.1 Å². The lowest BCUT2D eigenvalue weighted by Crippen LogP contribution is -2.38. The molecule has 1 aromatic carbocycles. The van der Waals surface area contributed by atoms with Crippen LogP contribution in [-0.2, 0) is 4.79 Å². The summed E-state index contributed by atoms with van der Waals surface area (Å²) in [6.45, 7) is 8.86. The summed E-state index contributed by atoms with van der Waals surface area (Å²) in [5, 5.41) is 0.956. The molecule has 1 aliphatic rings. The number of benzene rings is 1. The van der Waals surface area contributed by atoms with E-state index in [4.69, 9.17) is 0 Å². The van der Waals surface area contributed by atoms with E-state index in [2.05, 4.69) is 25.8 Å². The first-order valence-corrected chi connectivity index (χ1v) is 8.98. The molecule has 2 heterocycles. The third-order valence-electron chi connectivity index (χ3n) is 4.64. The zero-order chi connectivity index (χ0) is 18.0. The van der Waals surface area contributed by atoms with Crippen LogP contribution in [0.25, 0.3) is 10.9 Å². The number of para-hydroxylation sites is 1. The molecule has 0 unspecified atom stereocenters. The van der Waals surface area contributed by atoms with E-state index in [1.165, 1.54) is 0 Å². The number of H-pyrrole nitrogens is 1. The van der Waals surface area contributed by atoms with Crippen LogP contribution in [0.3, 0.4) is 0 Å². The predicted molar refractivity (Wildman–Crippen MR) is 99.5 cm³/mol. The van der Waals surface area contributed by atoms with Crippen molar-refractivity contribution in [3.05, 3.63) is 36.0 Å². The molecule has 1 fully saturated rings. The van der Waals surface area contributed by atoms with E-state index < -0.39 is 0 Å². The second kappa shape index (κ2) is 6.90. The SMILES string of the molecule is CC(C)(C)CC(=O)N1CCCN(C(=O)c2c[nH]c3ccccc23)CC1. The number of aromatic amines is 1. The summed E-state index contributed by atoms with van der Waals surface area (Å²) < 4.78 is 0. The number of aromatic nitrogens is 1. The lowest BCUT2D eigenvalue weighted by atomic mass is 9.91. The largest absolute Gasteiger partial charge is 0.360 e. The standard InChI is InChI=1S/C20H27N3O2/c1-20(2,3)13-18(24)22-9-6-10-23(12-11-22)19(25)16-14-21-17-8-5-4-7-15(16)17/h4-5,7-8,14,21H,6,9-13H2,1-3H3. The average molecular weight is 341 g/mol. The maximum atomic E-state index is 12.9. The Bertz CT molecular complexity index is 773. The van der Waals surface area contributed by atoms with E-state index in [9.17, 15) is 9.59 Å². The molecule has 0 bridgehead atoms. The topological polar surface area (TPSA) is 56.4 Å². The van der Waals surface area contributed by atoms with Crippen molar-refractivity contribution in [2.45, 2.75) is 33.6 Å². The molecule has 5 heteroatoms. The molecule has 1 saturated heterocycles. The van der Waals surface area contributed by atoms with Gasteiger partial charge in [-0.25, -0.2) is 0 Å². The van der Waals surface area contributed by atoms with Gasteiger partial charge in [0.25, 0.3) is 5.91 Å². The van der Waals surface area contributed by atoms with Crippen molar-refractivity contribution in [1.29, 1.82) is 0 Å². The van der Waals surface area contributed by atoms with Crippen LogP contribution in [-0.4, -0.2) is 52.8 Å². The van der Waals surface area contributed by atoms with E-state index in [0.717, 1.165) is 23.9 Å². The van der Waals surface area contributed by atoms with Gasteiger partial charge in [0.15, 0.2) is 0 Å². The van der Waals surface area contributed by atoms with Gasteiger partial charge in [0.05, 0.1) is 5.56 Å². The van der Waals surface area contributed by atoms with Gasteiger partial charge >= 0.3 is 0 Å². The first-order valence-electron chi connectivity index (χ1n) is 8.98. The summed E-state index contributed by atoms with van der Waals surface area (Å²) in [4.78, 5) is 32.3. The number of rotatable bonds is 2. The van der Waals surface area contributed by atoms with Crippen LogP contribution < -0.4 is 0 Å². The molecule has 0 radical (unpaired) electrons. The highest BCUT2D eigenvalue weighted by atomic mass is 16.2. The Morgan fingerprint density at radius 1 is 1.04 bits per heavy atom. The van der Waals surface area contributed by atoms with Crippen molar-refractivity contribution in [3.63, 3.8) is 0 Å². The molecular formula is C20H27N3O2. The molecule has 3 rings (SSSR count). The lowest BCUT2D eigenvalue weighted by molar-refractivity contribution is -0.132. The van der Waals surface area contributed by atoms with Gasteiger partial charge in [-0.15, -0.1) is 0 Å². The number of hydrogen-bond donors (Lipinski definition) is 1. The minimum absolute atomic E-state index is 0.0110. The molecule has 0 saturated carbocycles. The molecule has 2 amide bonds. The lowest BCUT2D eigenvalue weighted by Gasteiger charge is -2.25. The van der Waals surface area contributed by atoms with Crippen LogP contribution >= 0.6 is 0 Å². The summed E-state index contributed by atoms with van der Waals surface area (Å²) in [7, 11) is 0. The minimum Gasteiger partial charge on any atom is -0.360 e. The molecule has 2 aromatic rings. The molecular weight excluding hydrogens is 314 g/mol. The average Bonchev–Trinajstić information content (AvgIpc) is 2.81. The molecule has 5 nitrogen and oxygen atoms in total. The van der Waals surface area contributed by atoms with Gasteiger partial charge in [0, 0.05) is 49.7 Å². The van der Waals surface area contributed by atoms with Crippen LogP contribution in [0.4, 0.5) is 0 Å². The first kappa shape index (κ1) is 17.5. The third-order valence-corrected chi connectivity index (χ3v) is 4.64. The first-order chi connectivity index (χ1) is 11.8. The number of nitrogens with zero attached hydrogens (tertiary/aromatic N) is 2. The van der Waals surface area contributed by atoms with Crippen molar-refractivity contribution in [3.8, 4) is 0 Å². The number of nitrogens with one attached hydrogen (secondary N) is 1. The van der Waals surface area contributed by atoms with Crippen LogP contribution in [0.5, 0.6) is 0 Å². The Morgan fingerprint density at radius 3 is 2.48 bits per heavy atom. The summed E-state index contributed by atoms with van der Waals surface area (Å²) >= 11 is 0. The molecule has 0 aliphatic carbocycles. The Balaban J connectivity index is 1.69. The van der Waals surface area contributed by atoms with Gasteiger partial charge < -0.3 is 14.8 Å². The molecule has 1 aliphatic heterocycles. The highest BCUT2D eigenvalue weighted by molar-refractivity contribution is 6.06. The quantitative estimate of drug-likeness (QED) is 0.911.